The normalized spacial score (nSPS) is 17.2. The second-order valence-electron chi connectivity index (χ2n) is 4.27. The SMILES string of the molecule is NC(=N[SH]1C=CC=C1)NC(Cc1ccccc1)C(=O)O. The molecule has 20 heavy (non-hydrogen) atoms. The lowest BCUT2D eigenvalue weighted by Gasteiger charge is -2.16. The molecule has 0 fully saturated rings. The maximum Gasteiger partial charge on any atom is 0.326 e. The summed E-state index contributed by atoms with van der Waals surface area (Å²) in [5.41, 5.74) is 6.71. The summed E-state index contributed by atoms with van der Waals surface area (Å²) in [7, 11) is 0. The molecule has 1 heterocycles. The van der Waals surface area contributed by atoms with Crippen molar-refractivity contribution in [1.29, 1.82) is 0 Å². The Kier molecular flexibility index (Phi) is 4.84. The van der Waals surface area contributed by atoms with E-state index in [9.17, 15) is 9.90 Å². The summed E-state index contributed by atoms with van der Waals surface area (Å²) >= 11 is -0.747. The number of hydrogen-bond donors (Lipinski definition) is 4. The minimum absolute atomic E-state index is 0.163. The van der Waals surface area contributed by atoms with Crippen molar-refractivity contribution in [2.45, 2.75) is 12.5 Å². The van der Waals surface area contributed by atoms with Crippen LogP contribution in [0.1, 0.15) is 5.56 Å². The summed E-state index contributed by atoms with van der Waals surface area (Å²) in [4.78, 5) is 11.3. The highest BCUT2D eigenvalue weighted by Crippen LogP contribution is 2.33. The van der Waals surface area contributed by atoms with E-state index in [2.05, 4.69) is 9.71 Å². The van der Waals surface area contributed by atoms with Crippen LogP contribution in [0.3, 0.4) is 0 Å². The van der Waals surface area contributed by atoms with E-state index in [-0.39, 0.29) is 5.96 Å². The molecule has 0 radical (unpaired) electrons. The second-order valence-corrected chi connectivity index (χ2v) is 5.83. The van der Waals surface area contributed by atoms with Crippen molar-refractivity contribution < 1.29 is 9.90 Å². The maximum atomic E-state index is 11.3. The Bertz CT molecular complexity index is 543. The fourth-order valence-corrected chi connectivity index (χ4v) is 2.86. The van der Waals surface area contributed by atoms with Gasteiger partial charge in [0.05, 0.1) is 0 Å². The van der Waals surface area contributed by atoms with Crippen LogP contribution in [-0.4, -0.2) is 23.1 Å². The lowest BCUT2D eigenvalue weighted by atomic mass is 10.1. The molecule has 0 aromatic heterocycles. The van der Waals surface area contributed by atoms with Crippen LogP contribution in [0.2, 0.25) is 0 Å². The van der Waals surface area contributed by atoms with Crippen molar-refractivity contribution in [3.63, 3.8) is 0 Å². The number of guanidine groups is 1. The van der Waals surface area contributed by atoms with Crippen LogP contribution in [0.25, 0.3) is 0 Å². The van der Waals surface area contributed by atoms with Crippen molar-refractivity contribution >= 4 is 23.0 Å². The molecule has 1 atom stereocenters. The number of aliphatic carboxylic acids is 1. The average molecular weight is 291 g/mol. The Hall–Kier alpha value is -2.21. The molecule has 1 aromatic rings. The van der Waals surface area contributed by atoms with Gasteiger partial charge in [0.2, 0.25) is 0 Å². The van der Waals surface area contributed by atoms with Crippen molar-refractivity contribution in [3.8, 4) is 0 Å². The van der Waals surface area contributed by atoms with Gasteiger partial charge in [-0.05, 0) is 16.4 Å². The molecule has 1 aliphatic heterocycles. The van der Waals surface area contributed by atoms with Crippen molar-refractivity contribution in [2.24, 2.45) is 10.1 Å². The van der Waals surface area contributed by atoms with Gasteiger partial charge in [0.1, 0.15) is 6.04 Å². The molecule has 1 aliphatic rings. The minimum atomic E-state index is -0.947. The van der Waals surface area contributed by atoms with Crippen molar-refractivity contribution in [3.05, 3.63) is 58.9 Å². The summed E-state index contributed by atoms with van der Waals surface area (Å²) in [6.07, 6.45) is 4.16. The fourth-order valence-electron chi connectivity index (χ4n) is 1.77. The predicted molar refractivity (Wildman–Crippen MR) is 83.6 cm³/mol. The predicted octanol–water partition coefficient (Wildman–Crippen LogP) is 1.54. The quantitative estimate of drug-likeness (QED) is 0.376. The molecule has 0 spiro atoms. The fraction of sp³-hybridized carbons (Fsp3) is 0.143. The first-order valence-electron chi connectivity index (χ1n) is 6.16. The smallest absolute Gasteiger partial charge is 0.326 e. The minimum Gasteiger partial charge on any atom is -0.480 e. The molecule has 0 bridgehead atoms. The largest absolute Gasteiger partial charge is 0.480 e. The third-order valence-electron chi connectivity index (χ3n) is 2.71. The third kappa shape index (κ3) is 4.17. The van der Waals surface area contributed by atoms with Crippen LogP contribution in [0, 0.1) is 0 Å². The number of hydrogen-bond acceptors (Lipinski definition) is 2. The van der Waals surface area contributed by atoms with Crippen LogP contribution in [0.5, 0.6) is 0 Å². The number of carboxylic acids is 1. The van der Waals surface area contributed by atoms with Crippen molar-refractivity contribution in [1.82, 2.24) is 5.32 Å². The zero-order valence-corrected chi connectivity index (χ0v) is 11.7. The molecule has 0 amide bonds. The zero-order valence-electron chi connectivity index (χ0n) is 10.8. The number of nitrogens with zero attached hydrogens (tertiary/aromatic N) is 1. The molecule has 4 N–H and O–H groups in total. The van der Waals surface area contributed by atoms with Gasteiger partial charge in [0.15, 0.2) is 5.96 Å². The molecule has 0 saturated carbocycles. The number of nitrogens with two attached hydrogens (primary N) is 1. The first kappa shape index (κ1) is 14.2. The van der Waals surface area contributed by atoms with Crippen LogP contribution in [0.15, 0.2) is 57.7 Å². The van der Waals surface area contributed by atoms with E-state index < -0.39 is 23.1 Å². The van der Waals surface area contributed by atoms with E-state index in [0.29, 0.717) is 6.42 Å². The van der Waals surface area contributed by atoms with E-state index in [1.54, 1.807) is 0 Å². The number of carbonyl (C=O) groups is 1. The summed E-state index contributed by atoms with van der Waals surface area (Å²) in [6, 6.07) is 8.64. The lowest BCUT2D eigenvalue weighted by molar-refractivity contribution is -0.139. The Morgan fingerprint density at radius 3 is 2.55 bits per heavy atom. The summed E-state index contributed by atoms with van der Waals surface area (Å²) in [6.45, 7) is 0. The van der Waals surface area contributed by atoms with Gasteiger partial charge in [-0.25, -0.2) is 4.79 Å². The van der Waals surface area contributed by atoms with Crippen LogP contribution >= 0.6 is 11.1 Å². The molecule has 106 valence electrons. The molecule has 0 saturated heterocycles. The van der Waals surface area contributed by atoms with Crippen molar-refractivity contribution in [2.75, 3.05) is 0 Å². The van der Waals surface area contributed by atoms with Gasteiger partial charge in [-0.2, -0.15) is 4.40 Å². The van der Waals surface area contributed by atoms with Gasteiger partial charge in [0, 0.05) is 6.42 Å². The summed E-state index contributed by atoms with van der Waals surface area (Å²) < 4.78 is 4.25. The summed E-state index contributed by atoms with van der Waals surface area (Å²) in [5, 5.41) is 15.9. The van der Waals surface area contributed by atoms with Crippen LogP contribution in [-0.2, 0) is 11.2 Å². The molecule has 5 nitrogen and oxygen atoms in total. The molecule has 0 aliphatic carbocycles. The third-order valence-corrected chi connectivity index (χ3v) is 4.12. The molecule has 1 aromatic carbocycles. The highest BCUT2D eigenvalue weighted by molar-refractivity contribution is 8.21. The highest BCUT2D eigenvalue weighted by atomic mass is 32.2. The van der Waals surface area contributed by atoms with Crippen LogP contribution < -0.4 is 11.1 Å². The molecule has 6 heteroatoms. The monoisotopic (exact) mass is 291 g/mol. The Morgan fingerprint density at radius 1 is 1.30 bits per heavy atom. The number of allylic oxidation sites excluding steroid dienone is 2. The number of thiol groups is 1. The molecule has 1 unspecified atom stereocenters. The Morgan fingerprint density at radius 2 is 1.95 bits per heavy atom. The standard InChI is InChI=1S/C14H17N3O2S/c15-14(17-20-8-4-5-9-20)16-12(13(18)19)10-11-6-2-1-3-7-11/h1-9,12,20H,10H2,(H,18,19)(H3,15,16,17). The topological polar surface area (TPSA) is 87.7 Å². The van der Waals surface area contributed by atoms with Gasteiger partial charge in [0.25, 0.3) is 0 Å². The lowest BCUT2D eigenvalue weighted by Crippen LogP contribution is -2.45. The number of carboxylic acid groups (broad SMARTS) is 1. The number of benzene rings is 1. The highest BCUT2D eigenvalue weighted by Gasteiger charge is 2.18. The average Bonchev–Trinajstić information content (AvgIpc) is 2.92. The van der Waals surface area contributed by atoms with Gasteiger partial charge >= 0.3 is 5.97 Å². The molecular weight excluding hydrogens is 274 g/mol. The van der Waals surface area contributed by atoms with E-state index >= 15 is 0 Å². The first-order valence-corrected chi connectivity index (χ1v) is 7.59. The van der Waals surface area contributed by atoms with E-state index in [1.165, 1.54) is 0 Å². The van der Waals surface area contributed by atoms with E-state index in [1.807, 2.05) is 53.3 Å². The maximum absolute atomic E-state index is 11.3. The second kappa shape index (κ2) is 6.81. The molecular formula is C14H17N3O2S. The molecule has 2 rings (SSSR count). The van der Waals surface area contributed by atoms with Gasteiger partial charge < -0.3 is 16.2 Å². The van der Waals surface area contributed by atoms with Gasteiger partial charge in [-0.3, -0.25) is 0 Å². The Balaban J connectivity index is 2.00. The number of rotatable bonds is 5. The van der Waals surface area contributed by atoms with Gasteiger partial charge in [-0.1, -0.05) is 42.5 Å². The number of nitrogens with one attached hydrogen (secondary N) is 1. The van der Waals surface area contributed by atoms with E-state index in [0.717, 1.165) is 5.56 Å². The first-order chi connectivity index (χ1) is 9.65. The van der Waals surface area contributed by atoms with Gasteiger partial charge in [-0.15, -0.1) is 11.1 Å². The summed E-state index contributed by atoms with van der Waals surface area (Å²) in [5.74, 6) is -0.784. The van der Waals surface area contributed by atoms with E-state index in [4.69, 9.17) is 5.73 Å². The zero-order chi connectivity index (χ0) is 14.4. The van der Waals surface area contributed by atoms with Crippen LogP contribution in [0.4, 0.5) is 0 Å². The Labute approximate surface area is 120 Å².